The van der Waals surface area contributed by atoms with Crippen LogP contribution in [0.15, 0.2) is 30.3 Å². The van der Waals surface area contributed by atoms with Crippen LogP contribution < -0.4 is 5.32 Å². The van der Waals surface area contributed by atoms with Crippen LogP contribution in [0, 0.1) is 0 Å². The largest absolute Gasteiger partial charge is 0.444 e. The van der Waals surface area contributed by atoms with Crippen molar-refractivity contribution >= 4 is 12.0 Å². The molecule has 0 aliphatic rings. The van der Waals surface area contributed by atoms with Crippen molar-refractivity contribution in [3.05, 3.63) is 35.9 Å². The molecule has 1 rings (SSSR count). The minimum absolute atomic E-state index is 0.132. The van der Waals surface area contributed by atoms with Gasteiger partial charge in [-0.2, -0.15) is 0 Å². The molecule has 0 aliphatic carbocycles. The van der Waals surface area contributed by atoms with Gasteiger partial charge in [0.1, 0.15) is 11.6 Å². The van der Waals surface area contributed by atoms with Crippen LogP contribution in [0.3, 0.4) is 0 Å². The van der Waals surface area contributed by atoms with Crippen LogP contribution in [0.25, 0.3) is 0 Å². The summed E-state index contributed by atoms with van der Waals surface area (Å²) in [5.41, 5.74) is 0.292. The fourth-order valence-electron chi connectivity index (χ4n) is 2.03. The van der Waals surface area contributed by atoms with Crippen molar-refractivity contribution in [2.75, 3.05) is 20.2 Å². The van der Waals surface area contributed by atoms with Gasteiger partial charge in [0.25, 0.3) is 0 Å². The van der Waals surface area contributed by atoms with Crippen molar-refractivity contribution < 1.29 is 19.4 Å². The molecule has 2 amide bonds. The molecule has 0 saturated heterocycles. The summed E-state index contributed by atoms with van der Waals surface area (Å²) in [6.07, 6.45) is -0.279. The molecule has 0 aromatic heterocycles. The number of carbonyl (C=O) groups is 2. The van der Waals surface area contributed by atoms with Crippen LogP contribution in [-0.2, 0) is 16.0 Å². The quantitative estimate of drug-likeness (QED) is 0.833. The molecular weight excluding hydrogens is 296 g/mol. The molecule has 128 valence electrons. The minimum Gasteiger partial charge on any atom is -0.444 e. The number of carbonyl (C=O) groups excluding carboxylic acids is 2. The van der Waals surface area contributed by atoms with E-state index in [1.54, 1.807) is 27.8 Å². The molecule has 6 nitrogen and oxygen atoms in total. The van der Waals surface area contributed by atoms with E-state index in [2.05, 4.69) is 5.32 Å². The number of aliphatic hydroxyl groups excluding tert-OH is 1. The summed E-state index contributed by atoms with van der Waals surface area (Å²) in [4.78, 5) is 25.9. The molecule has 0 radical (unpaired) electrons. The van der Waals surface area contributed by atoms with E-state index in [0.29, 0.717) is 6.42 Å². The topological polar surface area (TPSA) is 78.9 Å². The summed E-state index contributed by atoms with van der Waals surface area (Å²) < 4.78 is 5.23. The maximum atomic E-state index is 12.5. The van der Waals surface area contributed by atoms with E-state index in [9.17, 15) is 9.59 Å². The van der Waals surface area contributed by atoms with Gasteiger partial charge in [0.15, 0.2) is 0 Å². The highest BCUT2D eigenvalue weighted by Gasteiger charge is 2.26. The molecule has 6 heteroatoms. The van der Waals surface area contributed by atoms with Gasteiger partial charge in [-0.05, 0) is 26.3 Å². The summed E-state index contributed by atoms with van der Waals surface area (Å²) in [5, 5.41) is 11.6. The number of aliphatic hydroxyl groups is 1. The molecule has 2 N–H and O–H groups in total. The van der Waals surface area contributed by atoms with Gasteiger partial charge < -0.3 is 20.1 Å². The van der Waals surface area contributed by atoms with Crippen LogP contribution in [0.1, 0.15) is 26.3 Å². The first-order valence-electron chi connectivity index (χ1n) is 7.62. The summed E-state index contributed by atoms with van der Waals surface area (Å²) in [7, 11) is 1.59. The number of hydrogen-bond acceptors (Lipinski definition) is 4. The van der Waals surface area contributed by atoms with Crippen molar-refractivity contribution in [2.45, 2.75) is 38.8 Å². The molecule has 1 aromatic rings. The van der Waals surface area contributed by atoms with Gasteiger partial charge in [-0.25, -0.2) is 4.79 Å². The van der Waals surface area contributed by atoms with Crippen molar-refractivity contribution in [2.24, 2.45) is 0 Å². The van der Waals surface area contributed by atoms with Crippen LogP contribution in [0.2, 0.25) is 0 Å². The van der Waals surface area contributed by atoms with Crippen molar-refractivity contribution in [3.63, 3.8) is 0 Å². The van der Waals surface area contributed by atoms with E-state index in [1.807, 2.05) is 30.3 Å². The number of likely N-dealkylation sites (N-methyl/N-ethyl adjacent to an activating group) is 1. The number of hydrogen-bond donors (Lipinski definition) is 2. The van der Waals surface area contributed by atoms with Crippen molar-refractivity contribution in [3.8, 4) is 0 Å². The van der Waals surface area contributed by atoms with E-state index < -0.39 is 17.7 Å². The second kappa shape index (κ2) is 8.53. The SMILES string of the molecule is CN(CCO)C(=O)[C@H](Cc1ccccc1)NC(=O)OC(C)(C)C. The molecule has 0 fully saturated rings. The zero-order valence-corrected chi connectivity index (χ0v) is 14.2. The third-order valence-corrected chi connectivity index (χ3v) is 3.08. The first kappa shape index (κ1) is 19.0. The number of benzene rings is 1. The number of amides is 2. The van der Waals surface area contributed by atoms with Gasteiger partial charge in [-0.1, -0.05) is 30.3 Å². The Labute approximate surface area is 137 Å². The van der Waals surface area contributed by atoms with Gasteiger partial charge in [-0.15, -0.1) is 0 Å². The zero-order valence-electron chi connectivity index (χ0n) is 14.2. The van der Waals surface area contributed by atoms with Gasteiger partial charge >= 0.3 is 6.09 Å². The molecule has 23 heavy (non-hydrogen) atoms. The maximum absolute atomic E-state index is 12.5. The third kappa shape index (κ3) is 7.15. The Morgan fingerprint density at radius 1 is 1.26 bits per heavy atom. The van der Waals surface area contributed by atoms with Crippen LogP contribution in [0.5, 0.6) is 0 Å². The predicted molar refractivity (Wildman–Crippen MR) is 88.0 cm³/mol. The smallest absolute Gasteiger partial charge is 0.408 e. The summed E-state index contributed by atoms with van der Waals surface area (Å²) in [6, 6.07) is 8.68. The molecule has 1 aromatic carbocycles. The second-order valence-corrected chi connectivity index (χ2v) is 6.37. The fourth-order valence-corrected chi connectivity index (χ4v) is 2.03. The molecule has 0 heterocycles. The Bertz CT molecular complexity index is 511. The van der Waals surface area contributed by atoms with E-state index in [0.717, 1.165) is 5.56 Å². The van der Waals surface area contributed by atoms with Crippen LogP contribution in [-0.4, -0.2) is 53.8 Å². The lowest BCUT2D eigenvalue weighted by Gasteiger charge is -2.26. The number of alkyl carbamates (subject to hydrolysis) is 1. The Morgan fingerprint density at radius 2 is 1.87 bits per heavy atom. The van der Waals surface area contributed by atoms with Gasteiger partial charge in [0.2, 0.25) is 5.91 Å². The highest BCUT2D eigenvalue weighted by atomic mass is 16.6. The first-order valence-corrected chi connectivity index (χ1v) is 7.62. The molecule has 0 spiro atoms. The fraction of sp³-hybridized carbons (Fsp3) is 0.529. The van der Waals surface area contributed by atoms with Crippen LogP contribution >= 0.6 is 0 Å². The number of nitrogens with one attached hydrogen (secondary N) is 1. The Kier molecular flexibility index (Phi) is 7.03. The lowest BCUT2D eigenvalue weighted by atomic mass is 10.1. The van der Waals surface area contributed by atoms with Gasteiger partial charge in [-0.3, -0.25) is 4.79 Å². The van der Waals surface area contributed by atoms with Crippen molar-refractivity contribution in [1.82, 2.24) is 10.2 Å². The Hall–Kier alpha value is -2.08. The van der Waals surface area contributed by atoms with E-state index in [4.69, 9.17) is 9.84 Å². The number of rotatable bonds is 6. The average Bonchev–Trinajstić information content (AvgIpc) is 2.45. The first-order chi connectivity index (χ1) is 10.7. The molecule has 0 bridgehead atoms. The second-order valence-electron chi connectivity index (χ2n) is 6.37. The zero-order chi connectivity index (χ0) is 17.5. The monoisotopic (exact) mass is 322 g/mol. The van der Waals surface area contributed by atoms with Gasteiger partial charge in [0.05, 0.1) is 6.61 Å². The predicted octanol–water partition coefficient (Wildman–Crippen LogP) is 1.57. The third-order valence-electron chi connectivity index (χ3n) is 3.08. The number of ether oxygens (including phenoxy) is 1. The standard InChI is InChI=1S/C17H26N2O4/c1-17(2,3)23-16(22)18-14(15(21)19(4)10-11-20)12-13-8-6-5-7-9-13/h5-9,14,20H,10-12H2,1-4H3,(H,18,22)/t14-/m0/s1. The Morgan fingerprint density at radius 3 is 2.39 bits per heavy atom. The lowest BCUT2D eigenvalue weighted by molar-refractivity contribution is -0.132. The highest BCUT2D eigenvalue weighted by molar-refractivity contribution is 5.85. The normalized spacial score (nSPS) is 12.4. The lowest BCUT2D eigenvalue weighted by Crippen LogP contribution is -2.50. The number of nitrogens with zero attached hydrogens (tertiary/aromatic N) is 1. The Balaban J connectivity index is 2.83. The summed E-state index contributed by atoms with van der Waals surface area (Å²) >= 11 is 0. The minimum atomic E-state index is -0.746. The molecule has 0 aliphatic heterocycles. The summed E-state index contributed by atoms with van der Waals surface area (Å²) in [5.74, 6) is -0.270. The average molecular weight is 322 g/mol. The van der Waals surface area contributed by atoms with E-state index in [-0.39, 0.29) is 19.1 Å². The van der Waals surface area contributed by atoms with E-state index in [1.165, 1.54) is 4.90 Å². The van der Waals surface area contributed by atoms with E-state index >= 15 is 0 Å². The summed E-state index contributed by atoms with van der Waals surface area (Å²) in [6.45, 7) is 5.36. The highest BCUT2D eigenvalue weighted by Crippen LogP contribution is 2.09. The maximum Gasteiger partial charge on any atom is 0.408 e. The molecule has 0 unspecified atom stereocenters. The molecule has 1 atom stereocenters. The van der Waals surface area contributed by atoms with Crippen LogP contribution in [0.4, 0.5) is 4.79 Å². The molecule has 0 saturated carbocycles. The van der Waals surface area contributed by atoms with Gasteiger partial charge in [0, 0.05) is 20.0 Å². The molecular formula is C17H26N2O4. The van der Waals surface area contributed by atoms with Crippen molar-refractivity contribution in [1.29, 1.82) is 0 Å².